The van der Waals surface area contributed by atoms with E-state index in [9.17, 15) is 4.79 Å². The van der Waals surface area contributed by atoms with Gasteiger partial charge in [0, 0.05) is 0 Å². The Labute approximate surface area is 142 Å². The maximum absolute atomic E-state index is 12.1. The van der Waals surface area contributed by atoms with Crippen LogP contribution in [-0.2, 0) is 10.2 Å². The van der Waals surface area contributed by atoms with Crippen molar-refractivity contribution in [2.45, 2.75) is 33.1 Å². The number of aryl methyl sites for hydroxylation is 1. The van der Waals surface area contributed by atoms with Gasteiger partial charge in [-0.3, -0.25) is 4.79 Å². The van der Waals surface area contributed by atoms with Crippen molar-refractivity contribution in [1.82, 2.24) is 0 Å². The molecule has 3 nitrogen and oxygen atoms in total. The molecule has 0 heterocycles. The summed E-state index contributed by atoms with van der Waals surface area (Å²) in [5.74, 6) is 0.506. The molecule has 2 aromatic rings. The molecule has 0 radical (unpaired) electrons. The molecule has 0 atom stereocenters. The lowest BCUT2D eigenvalue weighted by molar-refractivity contribution is -0.118. The molecular weight excluding hydrogens is 310 g/mol. The summed E-state index contributed by atoms with van der Waals surface area (Å²) in [6.45, 7) is 8.30. The van der Waals surface area contributed by atoms with Crippen molar-refractivity contribution in [3.8, 4) is 5.75 Å². The highest BCUT2D eigenvalue weighted by molar-refractivity contribution is 6.33. The molecule has 122 valence electrons. The van der Waals surface area contributed by atoms with Crippen LogP contribution < -0.4 is 10.1 Å². The van der Waals surface area contributed by atoms with Gasteiger partial charge in [-0.15, -0.1) is 0 Å². The summed E-state index contributed by atoms with van der Waals surface area (Å²) in [5.41, 5.74) is 2.71. The van der Waals surface area contributed by atoms with E-state index in [-0.39, 0.29) is 17.9 Å². The number of amides is 1. The lowest BCUT2D eigenvalue weighted by Gasteiger charge is -2.23. The molecule has 0 saturated carbocycles. The van der Waals surface area contributed by atoms with Crippen LogP contribution >= 0.6 is 11.6 Å². The van der Waals surface area contributed by atoms with E-state index in [2.05, 4.69) is 38.2 Å². The van der Waals surface area contributed by atoms with Crippen molar-refractivity contribution < 1.29 is 9.53 Å². The molecule has 0 unspecified atom stereocenters. The Morgan fingerprint density at radius 1 is 1.17 bits per heavy atom. The van der Waals surface area contributed by atoms with Crippen LogP contribution in [0.4, 0.5) is 5.69 Å². The normalized spacial score (nSPS) is 11.2. The molecule has 1 amide bonds. The molecule has 0 aliphatic heterocycles. The third kappa shape index (κ3) is 4.73. The van der Waals surface area contributed by atoms with Crippen molar-refractivity contribution in [1.29, 1.82) is 0 Å². The van der Waals surface area contributed by atoms with Gasteiger partial charge in [0.1, 0.15) is 5.75 Å². The van der Waals surface area contributed by atoms with Crippen molar-refractivity contribution in [2.24, 2.45) is 0 Å². The first-order valence-electron chi connectivity index (χ1n) is 7.55. The summed E-state index contributed by atoms with van der Waals surface area (Å²) in [6.07, 6.45) is 0. The van der Waals surface area contributed by atoms with E-state index >= 15 is 0 Å². The number of nitrogens with one attached hydrogen (secondary N) is 1. The van der Waals surface area contributed by atoms with E-state index in [0.29, 0.717) is 10.7 Å². The number of para-hydroxylation sites is 1. The van der Waals surface area contributed by atoms with Crippen LogP contribution in [0.2, 0.25) is 5.02 Å². The fourth-order valence-electron chi connectivity index (χ4n) is 2.26. The molecule has 23 heavy (non-hydrogen) atoms. The molecule has 2 rings (SSSR count). The van der Waals surface area contributed by atoms with Crippen LogP contribution in [0, 0.1) is 6.92 Å². The first-order chi connectivity index (χ1) is 10.8. The monoisotopic (exact) mass is 331 g/mol. The summed E-state index contributed by atoms with van der Waals surface area (Å²) >= 11 is 6.04. The molecule has 1 N–H and O–H groups in total. The van der Waals surface area contributed by atoms with Crippen LogP contribution in [0.3, 0.4) is 0 Å². The number of ether oxygens (including phenoxy) is 1. The second-order valence-corrected chi connectivity index (χ2v) is 6.97. The largest absolute Gasteiger partial charge is 0.483 e. The van der Waals surface area contributed by atoms with Gasteiger partial charge in [0.2, 0.25) is 0 Å². The zero-order valence-electron chi connectivity index (χ0n) is 13.9. The maximum atomic E-state index is 12.1. The Balaban J connectivity index is 2.07. The van der Waals surface area contributed by atoms with E-state index in [1.165, 1.54) is 0 Å². The molecular formula is C19H22ClNO2. The molecule has 0 aromatic heterocycles. The molecule has 0 fully saturated rings. The van der Waals surface area contributed by atoms with Crippen molar-refractivity contribution in [2.75, 3.05) is 11.9 Å². The number of carbonyl (C=O) groups is 1. The van der Waals surface area contributed by atoms with Gasteiger partial charge in [0.05, 0.1) is 10.7 Å². The van der Waals surface area contributed by atoms with E-state index in [1.54, 1.807) is 12.1 Å². The van der Waals surface area contributed by atoms with Crippen LogP contribution in [0.15, 0.2) is 42.5 Å². The van der Waals surface area contributed by atoms with Gasteiger partial charge >= 0.3 is 0 Å². The number of hydrogen-bond acceptors (Lipinski definition) is 2. The Kier molecular flexibility index (Phi) is 5.32. The first-order valence-corrected chi connectivity index (χ1v) is 7.93. The van der Waals surface area contributed by atoms with Crippen molar-refractivity contribution in [3.63, 3.8) is 0 Å². The zero-order valence-corrected chi connectivity index (χ0v) is 14.7. The lowest BCUT2D eigenvalue weighted by atomic mass is 9.86. The van der Waals surface area contributed by atoms with Gasteiger partial charge in [-0.25, -0.2) is 0 Å². The van der Waals surface area contributed by atoms with Gasteiger partial charge in [-0.2, -0.15) is 0 Å². The number of halogens is 1. The van der Waals surface area contributed by atoms with Crippen molar-refractivity contribution >= 4 is 23.2 Å². The minimum atomic E-state index is -0.237. The number of anilines is 1. The summed E-state index contributed by atoms with van der Waals surface area (Å²) < 4.78 is 5.76. The Hall–Kier alpha value is -2.00. The Bertz CT molecular complexity index is 705. The van der Waals surface area contributed by atoms with Gasteiger partial charge in [-0.1, -0.05) is 56.6 Å². The number of carbonyl (C=O) groups excluding carboxylic acids is 1. The standard InChI is InChI=1S/C19H22ClNO2/c1-13-9-10-14(19(2,3)4)17(11-13)23-12-18(22)21-16-8-6-5-7-15(16)20/h5-11H,12H2,1-4H3,(H,21,22). The smallest absolute Gasteiger partial charge is 0.262 e. The number of benzene rings is 2. The average molecular weight is 332 g/mol. The zero-order chi connectivity index (χ0) is 17.0. The van der Waals surface area contributed by atoms with E-state index in [4.69, 9.17) is 16.3 Å². The van der Waals surface area contributed by atoms with E-state index < -0.39 is 0 Å². The molecule has 4 heteroatoms. The van der Waals surface area contributed by atoms with Crippen LogP contribution in [-0.4, -0.2) is 12.5 Å². The molecule has 0 aliphatic rings. The third-order valence-corrected chi connectivity index (χ3v) is 3.78. The second kappa shape index (κ2) is 7.05. The second-order valence-electron chi connectivity index (χ2n) is 6.57. The quantitative estimate of drug-likeness (QED) is 0.859. The fraction of sp³-hybridized carbons (Fsp3) is 0.316. The highest BCUT2D eigenvalue weighted by Crippen LogP contribution is 2.32. The van der Waals surface area contributed by atoms with Gasteiger partial charge < -0.3 is 10.1 Å². The Morgan fingerprint density at radius 3 is 2.52 bits per heavy atom. The van der Waals surface area contributed by atoms with Crippen LogP contribution in [0.5, 0.6) is 5.75 Å². The summed E-state index contributed by atoms with van der Waals surface area (Å²) in [7, 11) is 0. The molecule has 0 saturated heterocycles. The minimum Gasteiger partial charge on any atom is -0.483 e. The average Bonchev–Trinajstić information content (AvgIpc) is 2.46. The molecule has 0 spiro atoms. The summed E-state index contributed by atoms with van der Waals surface area (Å²) in [4.78, 5) is 12.1. The third-order valence-electron chi connectivity index (χ3n) is 3.45. The predicted molar refractivity (Wildman–Crippen MR) is 95.5 cm³/mol. The first kappa shape index (κ1) is 17.4. The van der Waals surface area contributed by atoms with Crippen LogP contribution in [0.25, 0.3) is 0 Å². The lowest BCUT2D eigenvalue weighted by Crippen LogP contribution is -2.22. The maximum Gasteiger partial charge on any atom is 0.262 e. The van der Waals surface area contributed by atoms with E-state index in [0.717, 1.165) is 16.9 Å². The number of hydrogen-bond donors (Lipinski definition) is 1. The summed E-state index contributed by atoms with van der Waals surface area (Å²) in [5, 5.41) is 3.26. The molecule has 0 bridgehead atoms. The fourth-order valence-corrected chi connectivity index (χ4v) is 2.44. The topological polar surface area (TPSA) is 38.3 Å². The molecule has 0 aliphatic carbocycles. The van der Waals surface area contributed by atoms with Gasteiger partial charge in [0.25, 0.3) is 5.91 Å². The van der Waals surface area contributed by atoms with Crippen molar-refractivity contribution in [3.05, 3.63) is 58.6 Å². The SMILES string of the molecule is Cc1ccc(C(C)(C)C)c(OCC(=O)Nc2ccccc2Cl)c1. The predicted octanol–water partition coefficient (Wildman–Crippen LogP) is 4.96. The highest BCUT2D eigenvalue weighted by atomic mass is 35.5. The summed E-state index contributed by atoms with van der Waals surface area (Å²) in [6, 6.07) is 13.2. The molecule has 2 aromatic carbocycles. The number of rotatable bonds is 4. The van der Waals surface area contributed by atoms with E-state index in [1.807, 2.05) is 25.1 Å². The van der Waals surface area contributed by atoms with Gasteiger partial charge in [0.15, 0.2) is 6.61 Å². The van der Waals surface area contributed by atoms with Gasteiger partial charge in [-0.05, 0) is 41.7 Å². The van der Waals surface area contributed by atoms with Crippen LogP contribution in [0.1, 0.15) is 31.9 Å². The minimum absolute atomic E-state index is 0.0533. The Morgan fingerprint density at radius 2 is 1.87 bits per heavy atom. The highest BCUT2D eigenvalue weighted by Gasteiger charge is 2.19.